The molecule has 0 radical (unpaired) electrons. The van der Waals surface area contributed by atoms with Crippen LogP contribution in [0.2, 0.25) is 0 Å². The monoisotopic (exact) mass is 361 g/mol. The molecule has 138 valence electrons. The Kier molecular flexibility index (Phi) is 5.84. The number of hydrogen-bond donors (Lipinski definition) is 2. The number of rotatable bonds is 6. The molecule has 27 heavy (non-hydrogen) atoms. The van der Waals surface area contributed by atoms with Crippen molar-refractivity contribution in [2.45, 2.75) is 13.1 Å². The fraction of sp³-hybridized carbons (Fsp3) is 0.182. The summed E-state index contributed by atoms with van der Waals surface area (Å²) in [6, 6.07) is 19.5. The molecule has 0 aliphatic rings. The summed E-state index contributed by atoms with van der Waals surface area (Å²) < 4.78 is 0. The van der Waals surface area contributed by atoms with Gasteiger partial charge in [0.2, 0.25) is 0 Å². The van der Waals surface area contributed by atoms with Gasteiger partial charge in [-0.2, -0.15) is 0 Å². The zero-order valence-electron chi connectivity index (χ0n) is 15.5. The molecule has 1 aromatic heterocycles. The van der Waals surface area contributed by atoms with Gasteiger partial charge in [-0.1, -0.05) is 48.5 Å². The van der Waals surface area contributed by atoms with Crippen LogP contribution in [0.3, 0.4) is 0 Å². The van der Waals surface area contributed by atoms with Crippen LogP contribution in [-0.4, -0.2) is 29.9 Å². The molecular formula is C22H23N3O2. The highest BCUT2D eigenvalue weighted by Gasteiger charge is 2.11. The molecule has 3 rings (SSSR count). The molecule has 3 aromatic rings. The Bertz CT molecular complexity index is 975. The summed E-state index contributed by atoms with van der Waals surface area (Å²) in [7, 11) is 4.09. The van der Waals surface area contributed by atoms with Gasteiger partial charge in [0.15, 0.2) is 0 Å². The molecule has 5 heteroatoms. The lowest BCUT2D eigenvalue weighted by Crippen LogP contribution is -2.29. The van der Waals surface area contributed by atoms with Crippen molar-refractivity contribution in [3.05, 3.63) is 93.9 Å². The highest BCUT2D eigenvalue weighted by molar-refractivity contribution is 5.93. The lowest BCUT2D eigenvalue weighted by Gasteiger charge is -2.13. The zero-order chi connectivity index (χ0) is 19.2. The topological polar surface area (TPSA) is 65.2 Å². The number of carbonyl (C=O) groups is 1. The second-order valence-corrected chi connectivity index (χ2v) is 6.69. The largest absolute Gasteiger partial charge is 0.348 e. The number of benzene rings is 2. The molecule has 0 fully saturated rings. The maximum Gasteiger partial charge on any atom is 0.260 e. The van der Waals surface area contributed by atoms with E-state index in [0.717, 1.165) is 23.2 Å². The van der Waals surface area contributed by atoms with Crippen LogP contribution in [0.15, 0.2) is 71.7 Å². The molecule has 5 nitrogen and oxygen atoms in total. The molecule has 0 saturated heterocycles. The van der Waals surface area contributed by atoms with E-state index in [-0.39, 0.29) is 17.0 Å². The van der Waals surface area contributed by atoms with Crippen molar-refractivity contribution in [1.29, 1.82) is 0 Å². The van der Waals surface area contributed by atoms with Crippen LogP contribution in [0.5, 0.6) is 0 Å². The van der Waals surface area contributed by atoms with Crippen LogP contribution in [0.4, 0.5) is 0 Å². The predicted octanol–water partition coefficient (Wildman–Crippen LogP) is 3.03. The summed E-state index contributed by atoms with van der Waals surface area (Å²) in [6.07, 6.45) is 1.51. The van der Waals surface area contributed by atoms with Gasteiger partial charge >= 0.3 is 0 Å². The van der Waals surface area contributed by atoms with Crippen LogP contribution < -0.4 is 10.9 Å². The van der Waals surface area contributed by atoms with E-state index >= 15 is 0 Å². The molecule has 0 aliphatic heterocycles. The molecule has 1 amide bonds. The number of aromatic nitrogens is 1. The quantitative estimate of drug-likeness (QED) is 0.709. The fourth-order valence-corrected chi connectivity index (χ4v) is 2.98. The summed E-state index contributed by atoms with van der Waals surface area (Å²) in [6.45, 7) is 1.24. The Labute approximate surface area is 158 Å². The molecule has 0 atom stereocenters. The van der Waals surface area contributed by atoms with E-state index < -0.39 is 0 Å². The summed E-state index contributed by atoms with van der Waals surface area (Å²) in [5.74, 6) is -0.381. The minimum atomic E-state index is -0.389. The number of pyridine rings is 1. The summed E-state index contributed by atoms with van der Waals surface area (Å²) in [4.78, 5) is 28.7. The van der Waals surface area contributed by atoms with Gasteiger partial charge < -0.3 is 15.2 Å². The first-order chi connectivity index (χ1) is 13.0. The third-order valence-corrected chi connectivity index (χ3v) is 4.28. The van der Waals surface area contributed by atoms with Crippen molar-refractivity contribution in [2.24, 2.45) is 0 Å². The first kappa shape index (κ1) is 18.6. The van der Waals surface area contributed by atoms with Crippen LogP contribution >= 0.6 is 0 Å². The van der Waals surface area contributed by atoms with E-state index in [0.29, 0.717) is 6.54 Å². The van der Waals surface area contributed by atoms with Crippen molar-refractivity contribution in [2.75, 3.05) is 14.1 Å². The number of H-pyrrole nitrogens is 1. The van der Waals surface area contributed by atoms with E-state index in [1.165, 1.54) is 17.8 Å². The standard InChI is InChI=1S/C22H23N3O2/c1-25(2)15-16-9-11-17(12-10-16)19-7-4-3-6-18(19)14-24-22(27)20-8-5-13-23-21(20)26/h3-13H,14-15H2,1-2H3,(H,23,26)(H,24,27). The summed E-state index contributed by atoms with van der Waals surface area (Å²) >= 11 is 0. The Morgan fingerprint density at radius 3 is 2.44 bits per heavy atom. The van der Waals surface area contributed by atoms with Crippen LogP contribution in [0.1, 0.15) is 21.5 Å². The lowest BCUT2D eigenvalue weighted by atomic mass is 9.98. The number of aromatic amines is 1. The molecule has 0 saturated carbocycles. The summed E-state index contributed by atoms with van der Waals surface area (Å²) in [5, 5.41) is 2.84. The third-order valence-electron chi connectivity index (χ3n) is 4.28. The van der Waals surface area contributed by atoms with E-state index in [4.69, 9.17) is 0 Å². The number of nitrogens with one attached hydrogen (secondary N) is 2. The van der Waals surface area contributed by atoms with Gasteiger partial charge in [-0.05, 0) is 48.5 Å². The minimum absolute atomic E-state index is 0.114. The maximum atomic E-state index is 12.3. The molecular weight excluding hydrogens is 338 g/mol. The van der Waals surface area contributed by atoms with Gasteiger partial charge in [-0.15, -0.1) is 0 Å². The van der Waals surface area contributed by atoms with Crippen LogP contribution in [0, 0.1) is 0 Å². The van der Waals surface area contributed by atoms with Crippen LogP contribution in [0.25, 0.3) is 11.1 Å². The molecule has 0 aliphatic carbocycles. The highest BCUT2D eigenvalue weighted by atomic mass is 16.2. The smallest absolute Gasteiger partial charge is 0.260 e. The Morgan fingerprint density at radius 1 is 1.00 bits per heavy atom. The first-order valence-corrected chi connectivity index (χ1v) is 8.82. The van der Waals surface area contributed by atoms with Crippen molar-refractivity contribution >= 4 is 5.91 Å². The molecule has 2 aromatic carbocycles. The Morgan fingerprint density at radius 2 is 1.74 bits per heavy atom. The van der Waals surface area contributed by atoms with Crippen molar-refractivity contribution < 1.29 is 4.79 Å². The van der Waals surface area contributed by atoms with Gasteiger partial charge in [0.25, 0.3) is 11.5 Å². The molecule has 1 heterocycles. The predicted molar refractivity (Wildman–Crippen MR) is 108 cm³/mol. The number of carbonyl (C=O) groups excluding carboxylic acids is 1. The SMILES string of the molecule is CN(C)Cc1ccc(-c2ccccc2CNC(=O)c2ccc[nH]c2=O)cc1. The highest BCUT2D eigenvalue weighted by Crippen LogP contribution is 2.24. The van der Waals surface area contributed by atoms with Gasteiger partial charge in [0.05, 0.1) is 0 Å². The second-order valence-electron chi connectivity index (χ2n) is 6.69. The Hall–Kier alpha value is -3.18. The van der Waals surface area contributed by atoms with E-state index in [1.54, 1.807) is 6.07 Å². The zero-order valence-corrected chi connectivity index (χ0v) is 15.5. The molecule has 0 bridgehead atoms. The van der Waals surface area contributed by atoms with Crippen molar-refractivity contribution in [3.63, 3.8) is 0 Å². The average molecular weight is 361 g/mol. The second kappa shape index (κ2) is 8.47. The normalized spacial score (nSPS) is 10.8. The maximum absolute atomic E-state index is 12.3. The molecule has 0 unspecified atom stereocenters. The first-order valence-electron chi connectivity index (χ1n) is 8.82. The lowest BCUT2D eigenvalue weighted by molar-refractivity contribution is 0.0949. The van der Waals surface area contributed by atoms with Crippen molar-refractivity contribution in [1.82, 2.24) is 15.2 Å². The average Bonchev–Trinajstić information content (AvgIpc) is 2.67. The van der Waals surface area contributed by atoms with Crippen molar-refractivity contribution in [3.8, 4) is 11.1 Å². The van der Waals surface area contributed by atoms with Crippen LogP contribution in [-0.2, 0) is 13.1 Å². The fourth-order valence-electron chi connectivity index (χ4n) is 2.98. The number of amides is 1. The number of nitrogens with zero attached hydrogens (tertiary/aromatic N) is 1. The van der Waals surface area contributed by atoms with E-state index in [1.807, 2.05) is 38.4 Å². The van der Waals surface area contributed by atoms with E-state index in [2.05, 4.69) is 39.5 Å². The third kappa shape index (κ3) is 4.71. The van der Waals surface area contributed by atoms with Gasteiger partial charge in [0.1, 0.15) is 5.56 Å². The Balaban J connectivity index is 1.77. The van der Waals surface area contributed by atoms with E-state index in [9.17, 15) is 9.59 Å². The number of hydrogen-bond acceptors (Lipinski definition) is 3. The molecule has 2 N–H and O–H groups in total. The molecule has 0 spiro atoms. The van der Waals surface area contributed by atoms with Gasteiger partial charge in [-0.3, -0.25) is 9.59 Å². The van der Waals surface area contributed by atoms with Gasteiger partial charge in [0, 0.05) is 19.3 Å². The van der Waals surface area contributed by atoms with Gasteiger partial charge in [-0.25, -0.2) is 0 Å². The minimum Gasteiger partial charge on any atom is -0.348 e. The summed E-state index contributed by atoms with van der Waals surface area (Å²) in [5.41, 5.74) is 4.13.